The maximum atomic E-state index is 5.71. The summed E-state index contributed by atoms with van der Waals surface area (Å²) in [6, 6.07) is 24.7. The van der Waals surface area contributed by atoms with Crippen molar-refractivity contribution < 1.29 is 9.30 Å². The molecule has 1 heterocycles. The van der Waals surface area contributed by atoms with Crippen molar-refractivity contribution in [2.75, 3.05) is 31.0 Å². The predicted octanol–water partition coefficient (Wildman–Crippen LogP) is 6.44. The van der Waals surface area contributed by atoms with Crippen LogP contribution in [0.3, 0.4) is 0 Å². The Morgan fingerprint density at radius 2 is 1.78 bits per heavy atom. The van der Waals surface area contributed by atoms with E-state index in [0.29, 0.717) is 12.5 Å². The van der Waals surface area contributed by atoms with Gasteiger partial charge in [0.2, 0.25) is 0 Å². The summed E-state index contributed by atoms with van der Waals surface area (Å²) in [4.78, 5) is 2.25. The number of alkyl halides is 1. The number of ether oxygens (including phenoxy) is 1. The molecule has 4 aromatic rings. The molecule has 0 saturated carbocycles. The van der Waals surface area contributed by atoms with Gasteiger partial charge in [0.05, 0.1) is 22.7 Å². The van der Waals surface area contributed by atoms with Gasteiger partial charge in [-0.15, -0.1) is 11.6 Å². The lowest BCUT2D eigenvalue weighted by Crippen LogP contribution is -2.25. The number of nitrogens with zero attached hydrogens (tertiary/aromatic N) is 4. The molecule has 0 fully saturated rings. The molecule has 0 saturated heterocycles. The van der Waals surface area contributed by atoms with E-state index in [1.807, 2.05) is 48.0 Å². The average Bonchev–Trinajstić information content (AvgIpc) is 3.15. The van der Waals surface area contributed by atoms with Gasteiger partial charge in [-0.3, -0.25) is 0 Å². The van der Waals surface area contributed by atoms with Crippen LogP contribution in [0.4, 0.5) is 16.5 Å². The molecule has 1 aromatic heterocycles. The minimum atomic E-state index is 0.470. The fraction of sp³-hybridized carbons (Fsp3) is 0.240. The standard InChI is InChI=1S/C25H26ClN4OS/c1-29(16-14-19-6-4-3-5-7-19)21-10-8-20(9-11-21)27-28-25-30(2)23-13-12-22(31-17-15-26)18-24(23)32-25/h3-13,18H,14-17H2,1-2H3/q+1. The lowest BCUT2D eigenvalue weighted by atomic mass is 10.1. The highest BCUT2D eigenvalue weighted by molar-refractivity contribution is 7.21. The number of halogens is 1. The van der Waals surface area contributed by atoms with E-state index in [4.69, 9.17) is 16.3 Å². The van der Waals surface area contributed by atoms with Crippen LogP contribution in [0.5, 0.6) is 5.75 Å². The van der Waals surface area contributed by atoms with Crippen LogP contribution in [-0.2, 0) is 13.5 Å². The van der Waals surface area contributed by atoms with E-state index in [0.717, 1.165) is 45.4 Å². The minimum absolute atomic E-state index is 0.470. The quantitative estimate of drug-likeness (QED) is 0.162. The second-order valence-electron chi connectivity index (χ2n) is 7.48. The Balaban J connectivity index is 1.42. The lowest BCUT2D eigenvalue weighted by Gasteiger charge is -2.19. The van der Waals surface area contributed by atoms with Gasteiger partial charge in [0, 0.05) is 25.3 Å². The van der Waals surface area contributed by atoms with Crippen molar-refractivity contribution in [2.24, 2.45) is 17.3 Å². The predicted molar refractivity (Wildman–Crippen MR) is 133 cm³/mol. The van der Waals surface area contributed by atoms with Crippen LogP contribution in [0.15, 0.2) is 83.0 Å². The molecule has 5 nitrogen and oxygen atoms in total. The fourth-order valence-electron chi connectivity index (χ4n) is 3.40. The van der Waals surface area contributed by atoms with Gasteiger partial charge in [0.25, 0.3) is 0 Å². The topological polar surface area (TPSA) is 41.1 Å². The van der Waals surface area contributed by atoms with Crippen molar-refractivity contribution >= 4 is 49.7 Å². The van der Waals surface area contributed by atoms with Crippen LogP contribution in [0.1, 0.15) is 5.56 Å². The van der Waals surface area contributed by atoms with Crippen LogP contribution in [0.25, 0.3) is 10.2 Å². The SMILES string of the molecule is CN(CCc1ccccc1)c1ccc(N=Nc2sc3cc(OCCCl)ccc3[n+]2C)cc1. The van der Waals surface area contributed by atoms with E-state index >= 15 is 0 Å². The zero-order chi connectivity index (χ0) is 22.3. The summed E-state index contributed by atoms with van der Waals surface area (Å²) in [5.41, 5.74) is 4.43. The number of hydrogen-bond donors (Lipinski definition) is 0. The Labute approximate surface area is 197 Å². The Bertz CT molecular complexity index is 1190. The molecule has 4 rings (SSSR count). The smallest absolute Gasteiger partial charge is 0.409 e. The molecule has 0 aliphatic carbocycles. The number of anilines is 1. The van der Waals surface area contributed by atoms with E-state index < -0.39 is 0 Å². The van der Waals surface area contributed by atoms with Gasteiger partial charge in [0.15, 0.2) is 0 Å². The van der Waals surface area contributed by atoms with Gasteiger partial charge >= 0.3 is 5.13 Å². The van der Waals surface area contributed by atoms with Gasteiger partial charge in [-0.2, -0.15) is 0 Å². The summed E-state index contributed by atoms with van der Waals surface area (Å²) in [5.74, 6) is 1.28. The Kier molecular flexibility index (Phi) is 7.35. The highest BCUT2D eigenvalue weighted by Crippen LogP contribution is 2.30. The minimum Gasteiger partial charge on any atom is -0.492 e. The molecule has 0 N–H and O–H groups in total. The maximum absolute atomic E-state index is 5.71. The van der Waals surface area contributed by atoms with Crippen LogP contribution < -0.4 is 14.2 Å². The molecule has 0 radical (unpaired) electrons. The molecule has 7 heteroatoms. The van der Waals surface area contributed by atoms with E-state index in [1.165, 1.54) is 5.56 Å². The molecular weight excluding hydrogens is 440 g/mol. The molecule has 0 aliphatic rings. The molecule has 0 bridgehead atoms. The van der Waals surface area contributed by atoms with Gasteiger partial charge < -0.3 is 9.64 Å². The normalized spacial score (nSPS) is 11.3. The lowest BCUT2D eigenvalue weighted by molar-refractivity contribution is -0.627. The highest BCUT2D eigenvalue weighted by Gasteiger charge is 2.16. The van der Waals surface area contributed by atoms with Crippen molar-refractivity contribution in [3.05, 3.63) is 78.4 Å². The third-order valence-corrected chi connectivity index (χ3v) is 6.49. The summed E-state index contributed by atoms with van der Waals surface area (Å²) >= 11 is 7.29. The number of thiazole rings is 1. The Morgan fingerprint density at radius 3 is 2.53 bits per heavy atom. The van der Waals surface area contributed by atoms with E-state index in [-0.39, 0.29) is 0 Å². The van der Waals surface area contributed by atoms with Crippen molar-refractivity contribution in [1.82, 2.24) is 0 Å². The number of aromatic nitrogens is 1. The molecule has 32 heavy (non-hydrogen) atoms. The molecular formula is C25H26ClN4OS+. The van der Waals surface area contributed by atoms with Crippen LogP contribution in [0, 0.1) is 0 Å². The van der Waals surface area contributed by atoms with Crippen molar-refractivity contribution in [1.29, 1.82) is 0 Å². The first kappa shape index (κ1) is 22.2. The monoisotopic (exact) mass is 465 g/mol. The van der Waals surface area contributed by atoms with Crippen LogP contribution in [-0.4, -0.2) is 26.1 Å². The second-order valence-corrected chi connectivity index (χ2v) is 8.87. The van der Waals surface area contributed by atoms with E-state index in [2.05, 4.69) is 58.6 Å². The number of rotatable bonds is 9. The highest BCUT2D eigenvalue weighted by atomic mass is 35.5. The average molecular weight is 466 g/mol. The first-order valence-electron chi connectivity index (χ1n) is 10.5. The molecule has 0 unspecified atom stereocenters. The molecule has 164 valence electrons. The second kappa shape index (κ2) is 10.6. The molecule has 0 atom stereocenters. The third-order valence-electron chi connectivity index (χ3n) is 5.25. The largest absolute Gasteiger partial charge is 0.492 e. The summed E-state index contributed by atoms with van der Waals surface area (Å²) in [6.07, 6.45) is 1.01. The van der Waals surface area contributed by atoms with Gasteiger partial charge in [0.1, 0.15) is 23.6 Å². The molecule has 0 amide bonds. The first-order chi connectivity index (χ1) is 15.6. The number of likely N-dealkylation sites (N-methyl/N-ethyl adjacent to an activating group) is 1. The summed E-state index contributed by atoms with van der Waals surface area (Å²) in [6.45, 7) is 1.45. The number of aryl methyl sites for hydroxylation is 1. The number of benzene rings is 3. The van der Waals surface area contributed by atoms with E-state index in [9.17, 15) is 0 Å². The number of azo groups is 1. The van der Waals surface area contributed by atoms with E-state index in [1.54, 1.807) is 11.3 Å². The van der Waals surface area contributed by atoms with Crippen molar-refractivity contribution in [2.45, 2.75) is 6.42 Å². The Morgan fingerprint density at radius 1 is 1.00 bits per heavy atom. The molecule has 0 aliphatic heterocycles. The van der Waals surface area contributed by atoms with Crippen molar-refractivity contribution in [3.8, 4) is 5.75 Å². The molecule has 0 spiro atoms. The summed E-state index contributed by atoms with van der Waals surface area (Å²) in [7, 11) is 4.11. The van der Waals surface area contributed by atoms with Crippen LogP contribution >= 0.6 is 22.9 Å². The Hall–Kier alpha value is -2.96. The maximum Gasteiger partial charge on any atom is 0.409 e. The third kappa shape index (κ3) is 5.44. The number of fused-ring (bicyclic) bond motifs is 1. The van der Waals surface area contributed by atoms with Gasteiger partial charge in [-0.25, -0.2) is 4.57 Å². The summed E-state index contributed by atoms with van der Waals surface area (Å²) < 4.78 is 8.77. The summed E-state index contributed by atoms with van der Waals surface area (Å²) in [5, 5.41) is 9.76. The number of hydrogen-bond acceptors (Lipinski definition) is 5. The first-order valence-corrected chi connectivity index (χ1v) is 11.9. The molecule has 3 aromatic carbocycles. The zero-order valence-corrected chi connectivity index (χ0v) is 19.8. The fourth-order valence-corrected chi connectivity index (χ4v) is 4.48. The van der Waals surface area contributed by atoms with Gasteiger partial charge in [-0.1, -0.05) is 30.3 Å². The van der Waals surface area contributed by atoms with Crippen LogP contribution in [0.2, 0.25) is 0 Å². The van der Waals surface area contributed by atoms with Gasteiger partial charge in [-0.05, 0) is 64.8 Å². The zero-order valence-electron chi connectivity index (χ0n) is 18.2. The van der Waals surface area contributed by atoms with Crippen molar-refractivity contribution in [3.63, 3.8) is 0 Å².